The standard InChI is InChI=1S/C12H13N3O/c1-8-4-5-12(9(2)6-8)15-10(3)11(7-16)13-14-15/h4-7H,1-3H3. The van der Waals surface area contributed by atoms with Crippen LogP contribution in [0.2, 0.25) is 0 Å². The molecule has 0 fully saturated rings. The van der Waals surface area contributed by atoms with Gasteiger partial charge in [0.1, 0.15) is 5.69 Å². The molecule has 0 N–H and O–H groups in total. The second-order valence-electron chi connectivity index (χ2n) is 3.88. The number of benzene rings is 1. The highest BCUT2D eigenvalue weighted by molar-refractivity contribution is 5.73. The number of aromatic nitrogens is 3. The molecule has 0 spiro atoms. The molecule has 1 aromatic heterocycles. The van der Waals surface area contributed by atoms with Gasteiger partial charge in [-0.25, -0.2) is 4.68 Å². The molecule has 0 aliphatic rings. The van der Waals surface area contributed by atoms with Crippen molar-refractivity contribution in [2.45, 2.75) is 20.8 Å². The largest absolute Gasteiger partial charge is 0.296 e. The molecular weight excluding hydrogens is 202 g/mol. The van der Waals surface area contributed by atoms with E-state index in [1.807, 2.05) is 32.9 Å². The van der Waals surface area contributed by atoms with Crippen molar-refractivity contribution < 1.29 is 4.79 Å². The molecule has 0 saturated heterocycles. The Morgan fingerprint density at radius 3 is 2.56 bits per heavy atom. The fourth-order valence-electron chi connectivity index (χ4n) is 1.72. The van der Waals surface area contributed by atoms with Crippen LogP contribution in [0, 0.1) is 20.8 Å². The Hall–Kier alpha value is -1.97. The van der Waals surface area contributed by atoms with E-state index >= 15 is 0 Å². The smallest absolute Gasteiger partial charge is 0.172 e. The van der Waals surface area contributed by atoms with Gasteiger partial charge in [-0.1, -0.05) is 22.9 Å². The van der Waals surface area contributed by atoms with E-state index < -0.39 is 0 Å². The van der Waals surface area contributed by atoms with E-state index in [0.29, 0.717) is 5.69 Å². The summed E-state index contributed by atoms with van der Waals surface area (Å²) >= 11 is 0. The average Bonchev–Trinajstić information content (AvgIpc) is 2.60. The zero-order chi connectivity index (χ0) is 11.7. The highest BCUT2D eigenvalue weighted by Crippen LogP contribution is 2.16. The van der Waals surface area contributed by atoms with Gasteiger partial charge in [0, 0.05) is 0 Å². The van der Waals surface area contributed by atoms with Gasteiger partial charge >= 0.3 is 0 Å². The molecule has 0 amide bonds. The van der Waals surface area contributed by atoms with Gasteiger partial charge in [0.2, 0.25) is 0 Å². The van der Waals surface area contributed by atoms with E-state index in [2.05, 4.69) is 16.4 Å². The number of hydrogen-bond donors (Lipinski definition) is 0. The molecule has 0 atom stereocenters. The quantitative estimate of drug-likeness (QED) is 0.720. The summed E-state index contributed by atoms with van der Waals surface area (Å²) in [6.07, 6.45) is 0.725. The van der Waals surface area contributed by atoms with Crippen molar-refractivity contribution in [1.29, 1.82) is 0 Å². The van der Waals surface area contributed by atoms with E-state index in [1.165, 1.54) is 5.56 Å². The minimum Gasteiger partial charge on any atom is -0.296 e. The van der Waals surface area contributed by atoms with Crippen molar-refractivity contribution in [3.05, 3.63) is 40.7 Å². The minimum absolute atomic E-state index is 0.389. The number of aldehydes is 1. The summed E-state index contributed by atoms with van der Waals surface area (Å²) in [5.74, 6) is 0. The Labute approximate surface area is 93.9 Å². The predicted octanol–water partition coefficient (Wildman–Crippen LogP) is 2.01. The zero-order valence-corrected chi connectivity index (χ0v) is 9.56. The molecule has 4 nitrogen and oxygen atoms in total. The van der Waals surface area contributed by atoms with Gasteiger partial charge in [0.15, 0.2) is 6.29 Å². The Balaban J connectivity index is 2.58. The number of hydrogen-bond acceptors (Lipinski definition) is 3. The Morgan fingerprint density at radius 2 is 2.00 bits per heavy atom. The Morgan fingerprint density at radius 1 is 1.25 bits per heavy atom. The van der Waals surface area contributed by atoms with Crippen LogP contribution in [0.5, 0.6) is 0 Å². The maximum absolute atomic E-state index is 10.7. The fourth-order valence-corrected chi connectivity index (χ4v) is 1.72. The van der Waals surface area contributed by atoms with Crippen molar-refractivity contribution in [2.24, 2.45) is 0 Å². The molecule has 2 aromatic rings. The van der Waals surface area contributed by atoms with Crippen molar-refractivity contribution in [3.63, 3.8) is 0 Å². The van der Waals surface area contributed by atoms with Gasteiger partial charge in [-0.05, 0) is 32.4 Å². The molecule has 1 aromatic carbocycles. The molecule has 4 heteroatoms. The van der Waals surface area contributed by atoms with Crippen LogP contribution >= 0.6 is 0 Å². The van der Waals surface area contributed by atoms with E-state index in [1.54, 1.807) is 4.68 Å². The lowest BCUT2D eigenvalue weighted by atomic mass is 10.1. The maximum Gasteiger partial charge on any atom is 0.172 e. The molecule has 16 heavy (non-hydrogen) atoms. The molecule has 0 unspecified atom stereocenters. The normalized spacial score (nSPS) is 10.4. The average molecular weight is 215 g/mol. The van der Waals surface area contributed by atoms with Gasteiger partial charge < -0.3 is 0 Å². The first kappa shape index (κ1) is 10.5. The zero-order valence-electron chi connectivity index (χ0n) is 9.56. The molecule has 2 rings (SSSR count). The molecular formula is C12H13N3O. The van der Waals surface area contributed by atoms with Gasteiger partial charge in [0.25, 0.3) is 0 Å². The SMILES string of the molecule is Cc1ccc(-n2nnc(C=O)c2C)c(C)c1. The first-order valence-corrected chi connectivity index (χ1v) is 5.08. The molecule has 1 heterocycles. The fraction of sp³-hybridized carbons (Fsp3) is 0.250. The van der Waals surface area contributed by atoms with Crippen molar-refractivity contribution >= 4 is 6.29 Å². The van der Waals surface area contributed by atoms with Crippen LogP contribution in [0.25, 0.3) is 5.69 Å². The highest BCUT2D eigenvalue weighted by atomic mass is 16.1. The molecule has 0 aliphatic carbocycles. The van der Waals surface area contributed by atoms with Gasteiger partial charge in [-0.2, -0.15) is 0 Å². The Kier molecular flexibility index (Phi) is 2.56. The highest BCUT2D eigenvalue weighted by Gasteiger charge is 2.10. The third-order valence-electron chi connectivity index (χ3n) is 2.62. The van der Waals surface area contributed by atoms with Crippen LogP contribution in [0.4, 0.5) is 0 Å². The summed E-state index contributed by atoms with van der Waals surface area (Å²) in [6.45, 7) is 5.90. The van der Waals surface area contributed by atoms with Gasteiger partial charge in [0.05, 0.1) is 11.4 Å². The summed E-state index contributed by atoms with van der Waals surface area (Å²) in [5.41, 5.74) is 4.44. The van der Waals surface area contributed by atoms with Crippen LogP contribution in [0.3, 0.4) is 0 Å². The van der Waals surface area contributed by atoms with E-state index in [4.69, 9.17) is 0 Å². The molecule has 0 aliphatic heterocycles. The third-order valence-corrected chi connectivity index (χ3v) is 2.62. The summed E-state index contributed by atoms with van der Waals surface area (Å²) in [6, 6.07) is 6.09. The van der Waals surface area contributed by atoms with Crippen LogP contribution in [0.1, 0.15) is 27.3 Å². The van der Waals surface area contributed by atoms with Crippen LogP contribution in [-0.2, 0) is 0 Å². The molecule has 0 saturated carbocycles. The summed E-state index contributed by atoms with van der Waals surface area (Å²) in [7, 11) is 0. The van der Waals surface area contributed by atoms with Crippen molar-refractivity contribution in [2.75, 3.05) is 0 Å². The van der Waals surface area contributed by atoms with E-state index in [-0.39, 0.29) is 0 Å². The second kappa shape index (κ2) is 3.89. The first-order chi connectivity index (χ1) is 7.63. The molecule has 82 valence electrons. The lowest BCUT2D eigenvalue weighted by Crippen LogP contribution is -2.02. The monoisotopic (exact) mass is 215 g/mol. The van der Waals surface area contributed by atoms with E-state index in [0.717, 1.165) is 23.2 Å². The number of carbonyl (C=O) groups excluding carboxylic acids is 1. The third kappa shape index (κ3) is 1.62. The second-order valence-corrected chi connectivity index (χ2v) is 3.88. The number of aryl methyl sites for hydroxylation is 2. The molecule has 0 radical (unpaired) electrons. The Bertz CT molecular complexity index is 543. The maximum atomic E-state index is 10.7. The summed E-state index contributed by atoms with van der Waals surface area (Å²) in [4.78, 5) is 10.7. The summed E-state index contributed by atoms with van der Waals surface area (Å²) < 4.78 is 1.69. The van der Waals surface area contributed by atoms with Crippen molar-refractivity contribution in [3.8, 4) is 5.69 Å². The van der Waals surface area contributed by atoms with E-state index in [9.17, 15) is 4.79 Å². The number of rotatable bonds is 2. The van der Waals surface area contributed by atoms with Crippen molar-refractivity contribution in [1.82, 2.24) is 15.0 Å². The molecule has 0 bridgehead atoms. The lowest BCUT2D eigenvalue weighted by Gasteiger charge is -2.07. The predicted molar refractivity (Wildman–Crippen MR) is 61.0 cm³/mol. The van der Waals surface area contributed by atoms with Crippen LogP contribution in [0.15, 0.2) is 18.2 Å². The lowest BCUT2D eigenvalue weighted by molar-refractivity contribution is 0.111. The van der Waals surface area contributed by atoms with Crippen LogP contribution < -0.4 is 0 Å². The summed E-state index contributed by atoms with van der Waals surface area (Å²) in [5, 5.41) is 7.80. The van der Waals surface area contributed by atoms with Gasteiger partial charge in [-0.3, -0.25) is 4.79 Å². The number of carbonyl (C=O) groups is 1. The topological polar surface area (TPSA) is 47.8 Å². The number of nitrogens with zero attached hydrogens (tertiary/aromatic N) is 3. The van der Waals surface area contributed by atoms with Gasteiger partial charge in [-0.15, -0.1) is 5.10 Å². The minimum atomic E-state index is 0.389. The van der Waals surface area contributed by atoms with Crippen LogP contribution in [-0.4, -0.2) is 21.3 Å². The first-order valence-electron chi connectivity index (χ1n) is 5.08.